The second-order valence-corrected chi connectivity index (χ2v) is 7.16. The highest BCUT2D eigenvalue weighted by molar-refractivity contribution is 6.09. The number of nitrogens with one attached hydrogen (secondary N) is 1. The van der Waals surface area contributed by atoms with Gasteiger partial charge in [-0.1, -0.05) is 36.4 Å². The molecule has 1 N–H and O–H groups in total. The molecule has 1 fully saturated rings. The van der Waals surface area contributed by atoms with Crippen LogP contribution in [0.5, 0.6) is 0 Å². The third-order valence-corrected chi connectivity index (χ3v) is 5.12. The van der Waals surface area contributed by atoms with Crippen molar-refractivity contribution in [1.82, 2.24) is 4.98 Å². The molecular formula is C23H22N4O4. The number of rotatable bonds is 7. The Morgan fingerprint density at radius 3 is 2.52 bits per heavy atom. The van der Waals surface area contributed by atoms with Gasteiger partial charge in [0.2, 0.25) is 0 Å². The Morgan fingerprint density at radius 1 is 1.06 bits per heavy atom. The van der Waals surface area contributed by atoms with E-state index in [9.17, 15) is 14.9 Å². The lowest BCUT2D eigenvalue weighted by atomic mass is 10.0. The van der Waals surface area contributed by atoms with Crippen LogP contribution in [0, 0.1) is 10.1 Å². The van der Waals surface area contributed by atoms with Crippen molar-refractivity contribution in [3.63, 3.8) is 0 Å². The molecule has 0 radical (unpaired) electrons. The van der Waals surface area contributed by atoms with E-state index in [0.717, 1.165) is 24.5 Å². The lowest BCUT2D eigenvalue weighted by Crippen LogP contribution is -2.36. The van der Waals surface area contributed by atoms with Crippen LogP contribution in [-0.4, -0.2) is 42.0 Å². The Bertz CT molecular complexity index is 1060. The van der Waals surface area contributed by atoms with Gasteiger partial charge in [0.25, 0.3) is 5.69 Å². The van der Waals surface area contributed by atoms with Crippen LogP contribution in [0.25, 0.3) is 0 Å². The summed E-state index contributed by atoms with van der Waals surface area (Å²) in [6, 6.07) is 17.1. The zero-order valence-corrected chi connectivity index (χ0v) is 16.9. The molecule has 158 valence electrons. The minimum absolute atomic E-state index is 0.139. The third-order valence-electron chi connectivity index (χ3n) is 5.12. The normalized spacial score (nSPS) is 13.6. The van der Waals surface area contributed by atoms with E-state index >= 15 is 0 Å². The zero-order chi connectivity index (χ0) is 21.6. The summed E-state index contributed by atoms with van der Waals surface area (Å²) in [7, 11) is 0. The fraction of sp³-hybridized carbons (Fsp3) is 0.217. The van der Waals surface area contributed by atoms with Crippen LogP contribution in [0.15, 0.2) is 66.9 Å². The first-order valence-corrected chi connectivity index (χ1v) is 10.0. The number of nitro benzene ring substituents is 1. The summed E-state index contributed by atoms with van der Waals surface area (Å²) in [4.78, 5) is 30.4. The molecule has 2 heterocycles. The highest BCUT2D eigenvalue weighted by atomic mass is 16.6. The number of nitro groups is 1. The third kappa shape index (κ3) is 4.87. The summed E-state index contributed by atoms with van der Waals surface area (Å²) in [5, 5.41) is 14.7. The van der Waals surface area contributed by atoms with Gasteiger partial charge >= 0.3 is 0 Å². The second kappa shape index (κ2) is 9.36. The molecule has 2 aromatic carbocycles. The summed E-state index contributed by atoms with van der Waals surface area (Å²) in [5.74, 6) is 0.639. The Labute approximate surface area is 179 Å². The predicted molar refractivity (Wildman–Crippen MR) is 118 cm³/mol. The molecule has 0 bridgehead atoms. The summed E-state index contributed by atoms with van der Waals surface area (Å²) in [6.45, 7) is 3.38. The molecule has 3 aromatic rings. The van der Waals surface area contributed by atoms with Gasteiger partial charge in [0.05, 0.1) is 18.1 Å². The number of pyridine rings is 1. The van der Waals surface area contributed by atoms with Crippen LogP contribution in [-0.2, 0) is 11.3 Å². The molecule has 1 aliphatic heterocycles. The Kier molecular flexibility index (Phi) is 6.18. The van der Waals surface area contributed by atoms with E-state index in [1.54, 1.807) is 42.6 Å². The maximum absolute atomic E-state index is 12.6. The van der Waals surface area contributed by atoms with E-state index in [-0.39, 0.29) is 17.0 Å². The van der Waals surface area contributed by atoms with Crippen molar-refractivity contribution in [2.45, 2.75) is 6.54 Å². The first-order chi connectivity index (χ1) is 15.1. The van der Waals surface area contributed by atoms with Crippen LogP contribution >= 0.6 is 0 Å². The summed E-state index contributed by atoms with van der Waals surface area (Å²) in [5.41, 5.74) is 1.88. The Morgan fingerprint density at radius 2 is 1.84 bits per heavy atom. The number of aromatic nitrogens is 1. The summed E-state index contributed by atoms with van der Waals surface area (Å²) < 4.78 is 5.36. The van der Waals surface area contributed by atoms with Gasteiger partial charge in [-0.2, -0.15) is 0 Å². The molecule has 1 saturated heterocycles. The molecule has 4 rings (SSSR count). The summed E-state index contributed by atoms with van der Waals surface area (Å²) in [6.07, 6.45) is 1.76. The SMILES string of the molecule is O=C(c1ccccc1)c1ccc(NCc2ccc(N3CCOCC3)nc2)c([N+](=O)[O-])c1. The average molecular weight is 418 g/mol. The Balaban J connectivity index is 1.46. The number of ketones is 1. The first kappa shape index (κ1) is 20.5. The summed E-state index contributed by atoms with van der Waals surface area (Å²) >= 11 is 0. The number of ether oxygens (including phenoxy) is 1. The maximum Gasteiger partial charge on any atom is 0.293 e. The van der Waals surface area contributed by atoms with E-state index in [0.29, 0.717) is 31.0 Å². The van der Waals surface area contributed by atoms with Gasteiger partial charge in [-0.3, -0.25) is 14.9 Å². The second-order valence-electron chi connectivity index (χ2n) is 7.16. The van der Waals surface area contributed by atoms with Crippen LogP contribution in [0.1, 0.15) is 21.5 Å². The Hall–Kier alpha value is -3.78. The van der Waals surface area contributed by atoms with Gasteiger partial charge in [0, 0.05) is 43.0 Å². The minimum atomic E-state index is -0.482. The fourth-order valence-corrected chi connectivity index (χ4v) is 3.43. The van der Waals surface area contributed by atoms with Crippen molar-refractivity contribution in [3.8, 4) is 0 Å². The quantitative estimate of drug-likeness (QED) is 0.355. The number of carbonyl (C=O) groups excluding carboxylic acids is 1. The van der Waals surface area contributed by atoms with Crippen molar-refractivity contribution in [2.24, 2.45) is 0 Å². The van der Waals surface area contributed by atoms with E-state index in [1.807, 2.05) is 18.2 Å². The standard InChI is InChI=1S/C23H22N4O4/c28-23(18-4-2-1-3-5-18)19-7-8-20(21(14-19)27(29)30)24-15-17-6-9-22(25-16-17)26-10-12-31-13-11-26/h1-9,14,16,24H,10-13,15H2. The number of benzene rings is 2. The van der Waals surface area contributed by atoms with Gasteiger partial charge in [0.15, 0.2) is 5.78 Å². The van der Waals surface area contributed by atoms with Crippen LogP contribution in [0.4, 0.5) is 17.2 Å². The van der Waals surface area contributed by atoms with Gasteiger partial charge in [-0.05, 0) is 23.8 Å². The van der Waals surface area contributed by atoms with Crippen molar-refractivity contribution < 1.29 is 14.5 Å². The van der Waals surface area contributed by atoms with Gasteiger partial charge < -0.3 is 15.0 Å². The number of anilines is 2. The van der Waals surface area contributed by atoms with Crippen molar-refractivity contribution >= 4 is 23.0 Å². The van der Waals surface area contributed by atoms with Gasteiger partial charge in [0.1, 0.15) is 11.5 Å². The van der Waals surface area contributed by atoms with Crippen LogP contribution in [0.2, 0.25) is 0 Å². The highest BCUT2D eigenvalue weighted by Crippen LogP contribution is 2.27. The van der Waals surface area contributed by atoms with Crippen LogP contribution in [0.3, 0.4) is 0 Å². The average Bonchev–Trinajstić information content (AvgIpc) is 2.83. The number of hydrogen-bond acceptors (Lipinski definition) is 7. The fourth-order valence-electron chi connectivity index (χ4n) is 3.43. The molecule has 0 amide bonds. The van der Waals surface area contributed by atoms with Crippen LogP contribution < -0.4 is 10.2 Å². The van der Waals surface area contributed by atoms with Gasteiger partial charge in [-0.15, -0.1) is 0 Å². The monoisotopic (exact) mass is 418 g/mol. The molecule has 1 aromatic heterocycles. The molecule has 1 aliphatic rings. The molecule has 8 heteroatoms. The lowest BCUT2D eigenvalue weighted by Gasteiger charge is -2.27. The molecule has 31 heavy (non-hydrogen) atoms. The molecular weight excluding hydrogens is 396 g/mol. The van der Waals surface area contributed by atoms with E-state index < -0.39 is 4.92 Å². The molecule has 0 atom stereocenters. The van der Waals surface area contributed by atoms with Crippen molar-refractivity contribution in [3.05, 3.63) is 93.7 Å². The highest BCUT2D eigenvalue weighted by Gasteiger charge is 2.18. The zero-order valence-electron chi connectivity index (χ0n) is 16.9. The number of carbonyl (C=O) groups is 1. The molecule has 0 aliphatic carbocycles. The predicted octanol–water partition coefficient (Wildman–Crippen LogP) is 3.67. The first-order valence-electron chi connectivity index (χ1n) is 10.0. The van der Waals surface area contributed by atoms with E-state index in [1.165, 1.54) is 6.07 Å². The molecule has 8 nitrogen and oxygen atoms in total. The number of hydrogen-bond donors (Lipinski definition) is 1. The molecule has 0 spiro atoms. The largest absolute Gasteiger partial charge is 0.378 e. The topological polar surface area (TPSA) is 97.6 Å². The lowest BCUT2D eigenvalue weighted by molar-refractivity contribution is -0.384. The van der Waals surface area contributed by atoms with E-state index in [4.69, 9.17) is 4.74 Å². The molecule has 0 unspecified atom stereocenters. The number of nitrogens with zero attached hydrogens (tertiary/aromatic N) is 3. The molecule has 0 saturated carbocycles. The number of morpholine rings is 1. The van der Waals surface area contributed by atoms with E-state index in [2.05, 4.69) is 15.2 Å². The maximum atomic E-state index is 12.6. The van der Waals surface area contributed by atoms with Gasteiger partial charge in [-0.25, -0.2) is 4.98 Å². The smallest absolute Gasteiger partial charge is 0.293 e. The van der Waals surface area contributed by atoms with Crippen molar-refractivity contribution in [1.29, 1.82) is 0 Å². The van der Waals surface area contributed by atoms with Crippen molar-refractivity contribution in [2.75, 3.05) is 36.5 Å². The minimum Gasteiger partial charge on any atom is -0.378 e.